The third-order valence-corrected chi connectivity index (χ3v) is 6.76. The first-order chi connectivity index (χ1) is 12.0. The van der Waals surface area contributed by atoms with E-state index in [0.29, 0.717) is 17.6 Å². The van der Waals surface area contributed by atoms with Crippen LogP contribution in [0.25, 0.3) is 0 Å². The van der Waals surface area contributed by atoms with E-state index in [1.54, 1.807) is 0 Å². The molecule has 1 aromatic heterocycles. The molecule has 1 N–H and O–H groups in total. The highest BCUT2D eigenvalue weighted by molar-refractivity contribution is 9.10. The highest BCUT2D eigenvalue weighted by Gasteiger charge is 2.35. The molecule has 1 aliphatic heterocycles. The van der Waals surface area contributed by atoms with Gasteiger partial charge in [0.1, 0.15) is 5.75 Å². The first-order valence-corrected chi connectivity index (χ1v) is 10.5. The van der Waals surface area contributed by atoms with Gasteiger partial charge >= 0.3 is 0 Å². The maximum Gasteiger partial charge on any atom is 0.116 e. The Labute approximate surface area is 165 Å². The normalized spacial score (nSPS) is 21.5. The molecule has 1 atom stereocenters. The predicted octanol–water partition coefficient (Wildman–Crippen LogP) is 4.88. The number of phenolic OH excluding ortho intramolecular Hbond substituents is 1. The van der Waals surface area contributed by atoms with Crippen molar-refractivity contribution in [3.05, 3.63) is 55.7 Å². The molecule has 2 heterocycles. The second-order valence-electron chi connectivity index (χ2n) is 7.32. The molecule has 1 saturated heterocycles. The molecule has 1 unspecified atom stereocenters. The van der Waals surface area contributed by atoms with Crippen LogP contribution in [-0.4, -0.2) is 35.1 Å². The zero-order chi connectivity index (χ0) is 17.6. The van der Waals surface area contributed by atoms with Crippen molar-refractivity contribution in [3.63, 3.8) is 0 Å². The Balaban J connectivity index is 1.87. The van der Waals surface area contributed by atoms with Crippen LogP contribution in [0.15, 0.2) is 33.3 Å². The van der Waals surface area contributed by atoms with Crippen molar-refractivity contribution in [3.8, 4) is 5.75 Å². The Kier molecular flexibility index (Phi) is 4.91. The number of halogens is 2. The standard InChI is InChI=1S/C20H22Br2N2O/c1-24-6-4-12(5-7-24)19-18-13(9-16(25)10-17(18)22)2-3-14-8-15(21)11-23-20(14)19/h8-12,19,25H,2-7H2,1H3. The van der Waals surface area contributed by atoms with Gasteiger partial charge in [-0.25, -0.2) is 0 Å². The summed E-state index contributed by atoms with van der Waals surface area (Å²) in [7, 11) is 2.20. The fraction of sp³-hybridized carbons (Fsp3) is 0.450. The van der Waals surface area contributed by atoms with Gasteiger partial charge in [-0.1, -0.05) is 15.9 Å². The molecule has 5 heteroatoms. The topological polar surface area (TPSA) is 36.4 Å². The number of fused-ring (bicyclic) bond motifs is 2. The Bertz CT molecular complexity index is 801. The van der Waals surface area contributed by atoms with E-state index in [0.717, 1.165) is 34.9 Å². The van der Waals surface area contributed by atoms with Crippen LogP contribution >= 0.6 is 31.9 Å². The van der Waals surface area contributed by atoms with Crippen LogP contribution in [0.1, 0.15) is 41.1 Å². The number of nitrogens with zero attached hydrogens (tertiary/aromatic N) is 2. The van der Waals surface area contributed by atoms with E-state index in [-0.39, 0.29) is 0 Å². The van der Waals surface area contributed by atoms with Crippen molar-refractivity contribution in [2.75, 3.05) is 20.1 Å². The van der Waals surface area contributed by atoms with Crippen molar-refractivity contribution in [1.82, 2.24) is 9.88 Å². The Morgan fingerprint density at radius 1 is 1.08 bits per heavy atom. The number of rotatable bonds is 1. The van der Waals surface area contributed by atoms with Crippen molar-refractivity contribution >= 4 is 31.9 Å². The average Bonchev–Trinajstić information content (AvgIpc) is 2.72. The van der Waals surface area contributed by atoms with Gasteiger partial charge in [-0.2, -0.15) is 0 Å². The number of aryl methyl sites for hydroxylation is 2. The van der Waals surface area contributed by atoms with Gasteiger partial charge in [-0.05, 0) is 103 Å². The van der Waals surface area contributed by atoms with Crippen LogP contribution < -0.4 is 0 Å². The predicted molar refractivity (Wildman–Crippen MR) is 107 cm³/mol. The van der Waals surface area contributed by atoms with Gasteiger partial charge in [0, 0.05) is 21.1 Å². The SMILES string of the molecule is CN1CCC(C2c3ncc(Br)cc3CCc3cc(O)cc(Br)c32)CC1. The minimum absolute atomic E-state index is 0.296. The number of piperidine rings is 1. The van der Waals surface area contributed by atoms with Crippen LogP contribution in [0.2, 0.25) is 0 Å². The van der Waals surface area contributed by atoms with Crippen LogP contribution in [-0.2, 0) is 12.8 Å². The van der Waals surface area contributed by atoms with Crippen molar-refractivity contribution in [1.29, 1.82) is 0 Å². The molecule has 0 spiro atoms. The van der Waals surface area contributed by atoms with Gasteiger partial charge in [0.2, 0.25) is 0 Å². The fourth-order valence-corrected chi connectivity index (χ4v) is 5.53. The van der Waals surface area contributed by atoms with E-state index in [9.17, 15) is 5.11 Å². The van der Waals surface area contributed by atoms with E-state index >= 15 is 0 Å². The molecule has 3 nitrogen and oxygen atoms in total. The van der Waals surface area contributed by atoms with Gasteiger partial charge in [0.25, 0.3) is 0 Å². The molecule has 0 amide bonds. The molecular formula is C20H22Br2N2O. The summed E-state index contributed by atoms with van der Waals surface area (Å²) in [4.78, 5) is 7.29. The molecule has 1 fully saturated rings. The number of hydrogen-bond acceptors (Lipinski definition) is 3. The van der Waals surface area contributed by atoms with E-state index in [1.807, 2.05) is 18.3 Å². The summed E-state index contributed by atoms with van der Waals surface area (Å²) in [6, 6.07) is 6.01. The first-order valence-electron chi connectivity index (χ1n) is 8.87. The lowest BCUT2D eigenvalue weighted by Gasteiger charge is -2.35. The summed E-state index contributed by atoms with van der Waals surface area (Å²) in [5, 5.41) is 10.1. The number of phenols is 1. The lowest BCUT2D eigenvalue weighted by Crippen LogP contribution is -2.33. The Morgan fingerprint density at radius 3 is 2.56 bits per heavy atom. The van der Waals surface area contributed by atoms with Crippen LogP contribution in [0.5, 0.6) is 5.75 Å². The van der Waals surface area contributed by atoms with E-state index in [1.165, 1.54) is 35.2 Å². The van der Waals surface area contributed by atoms with Crippen molar-refractivity contribution < 1.29 is 5.11 Å². The lowest BCUT2D eigenvalue weighted by molar-refractivity contribution is 0.206. The van der Waals surface area contributed by atoms with Crippen LogP contribution in [0, 0.1) is 5.92 Å². The molecule has 1 aromatic carbocycles. The third-order valence-electron chi connectivity index (χ3n) is 5.67. The summed E-state index contributed by atoms with van der Waals surface area (Å²) in [6.45, 7) is 2.27. The number of likely N-dealkylation sites (tertiary alicyclic amines) is 1. The molecule has 132 valence electrons. The third kappa shape index (κ3) is 3.38. The zero-order valence-corrected chi connectivity index (χ0v) is 17.5. The minimum Gasteiger partial charge on any atom is -0.508 e. The van der Waals surface area contributed by atoms with Gasteiger partial charge < -0.3 is 10.0 Å². The van der Waals surface area contributed by atoms with Crippen molar-refractivity contribution in [2.24, 2.45) is 5.92 Å². The van der Waals surface area contributed by atoms with Gasteiger partial charge in [0.05, 0.1) is 5.69 Å². The molecule has 2 aliphatic rings. The first kappa shape index (κ1) is 17.5. The summed E-state index contributed by atoms with van der Waals surface area (Å²) < 4.78 is 2.06. The lowest BCUT2D eigenvalue weighted by atomic mass is 9.76. The highest BCUT2D eigenvalue weighted by Crippen LogP contribution is 2.46. The number of aromatic nitrogens is 1. The van der Waals surface area contributed by atoms with Gasteiger partial charge in [-0.15, -0.1) is 0 Å². The number of benzene rings is 1. The molecule has 1 aliphatic carbocycles. The van der Waals surface area contributed by atoms with Gasteiger partial charge in [-0.3, -0.25) is 4.98 Å². The quantitative estimate of drug-likeness (QED) is 0.651. The van der Waals surface area contributed by atoms with E-state index in [4.69, 9.17) is 4.98 Å². The second kappa shape index (κ2) is 7.01. The molecule has 25 heavy (non-hydrogen) atoms. The summed E-state index contributed by atoms with van der Waals surface area (Å²) in [6.07, 6.45) is 6.21. The molecule has 0 saturated carbocycles. The molecule has 0 radical (unpaired) electrons. The number of pyridine rings is 1. The number of aromatic hydroxyl groups is 1. The average molecular weight is 466 g/mol. The zero-order valence-electron chi connectivity index (χ0n) is 14.3. The Morgan fingerprint density at radius 2 is 1.80 bits per heavy atom. The highest BCUT2D eigenvalue weighted by atomic mass is 79.9. The monoisotopic (exact) mass is 464 g/mol. The molecule has 0 bridgehead atoms. The fourth-order valence-electron chi connectivity index (χ4n) is 4.41. The number of hydrogen-bond donors (Lipinski definition) is 1. The van der Waals surface area contributed by atoms with Crippen LogP contribution in [0.4, 0.5) is 0 Å². The molecule has 4 rings (SSSR count). The van der Waals surface area contributed by atoms with E-state index in [2.05, 4.69) is 49.9 Å². The van der Waals surface area contributed by atoms with Gasteiger partial charge in [0.15, 0.2) is 0 Å². The molecule has 2 aromatic rings. The maximum absolute atomic E-state index is 10.1. The summed E-state index contributed by atoms with van der Waals surface area (Å²) in [5.41, 5.74) is 5.15. The summed E-state index contributed by atoms with van der Waals surface area (Å²) in [5.74, 6) is 1.22. The van der Waals surface area contributed by atoms with Crippen molar-refractivity contribution in [2.45, 2.75) is 31.6 Å². The molecular weight excluding hydrogens is 444 g/mol. The summed E-state index contributed by atoms with van der Waals surface area (Å²) >= 11 is 7.33. The maximum atomic E-state index is 10.1. The second-order valence-corrected chi connectivity index (χ2v) is 9.09. The minimum atomic E-state index is 0.296. The Hall–Kier alpha value is -0.910. The van der Waals surface area contributed by atoms with E-state index < -0.39 is 0 Å². The van der Waals surface area contributed by atoms with Crippen LogP contribution in [0.3, 0.4) is 0 Å². The largest absolute Gasteiger partial charge is 0.508 e. The smallest absolute Gasteiger partial charge is 0.116 e.